The highest BCUT2D eigenvalue weighted by Gasteiger charge is 2.26. The number of likely N-dealkylation sites (N-methyl/N-ethyl adjacent to an activating group) is 1. The first-order valence-corrected chi connectivity index (χ1v) is 8.99. The Bertz CT molecular complexity index is 816. The third-order valence-corrected chi connectivity index (χ3v) is 4.97. The lowest BCUT2D eigenvalue weighted by Crippen LogP contribution is -2.38. The van der Waals surface area contributed by atoms with Gasteiger partial charge in [0, 0.05) is 24.9 Å². The minimum Gasteiger partial charge on any atom is -0.376 e. The molecule has 2 aromatic rings. The smallest absolute Gasteiger partial charge is 0.252 e. The van der Waals surface area contributed by atoms with Crippen molar-refractivity contribution in [3.63, 3.8) is 0 Å². The fourth-order valence-corrected chi connectivity index (χ4v) is 3.50. The topological polar surface area (TPSA) is 32.3 Å². The average Bonchev–Trinajstić information content (AvgIpc) is 2.63. The number of carbonyl (C=O) groups excluding carboxylic acids is 1. The van der Waals surface area contributed by atoms with Gasteiger partial charge in [-0.1, -0.05) is 49.4 Å². The van der Waals surface area contributed by atoms with E-state index in [2.05, 4.69) is 30.3 Å². The summed E-state index contributed by atoms with van der Waals surface area (Å²) >= 11 is 0. The monoisotopic (exact) mass is 352 g/mol. The lowest BCUT2D eigenvalue weighted by molar-refractivity contribution is 0.0934. The van der Waals surface area contributed by atoms with Crippen molar-refractivity contribution in [1.29, 1.82) is 0 Å². The van der Waals surface area contributed by atoms with Gasteiger partial charge in [0.1, 0.15) is 5.82 Å². The molecule has 1 heterocycles. The minimum atomic E-state index is -0.364. The van der Waals surface area contributed by atoms with Crippen LogP contribution in [0.5, 0.6) is 0 Å². The van der Waals surface area contributed by atoms with Crippen LogP contribution in [0.25, 0.3) is 0 Å². The van der Waals surface area contributed by atoms with Crippen molar-refractivity contribution >= 4 is 5.91 Å². The normalized spacial score (nSPS) is 18.2. The molecule has 136 valence electrons. The number of nitrogens with one attached hydrogen (secondary N) is 1. The Morgan fingerprint density at radius 2 is 1.92 bits per heavy atom. The predicted octanol–water partition coefficient (Wildman–Crippen LogP) is 4.46. The number of hydrogen-bond donors (Lipinski definition) is 1. The van der Waals surface area contributed by atoms with E-state index < -0.39 is 0 Å². The van der Waals surface area contributed by atoms with Gasteiger partial charge in [0.15, 0.2) is 0 Å². The number of nitrogens with zero attached hydrogens (tertiary/aromatic N) is 1. The molecule has 3 nitrogen and oxygen atoms in total. The summed E-state index contributed by atoms with van der Waals surface area (Å²) in [4.78, 5) is 15.1. The van der Waals surface area contributed by atoms with E-state index in [4.69, 9.17) is 0 Å². The minimum absolute atomic E-state index is 0.260. The Labute approximate surface area is 154 Å². The van der Waals surface area contributed by atoms with Crippen LogP contribution in [0.15, 0.2) is 60.3 Å². The summed E-state index contributed by atoms with van der Waals surface area (Å²) < 4.78 is 13.9. The highest BCUT2D eigenvalue weighted by Crippen LogP contribution is 2.29. The van der Waals surface area contributed by atoms with Crippen LogP contribution in [0.3, 0.4) is 0 Å². The molecule has 1 aliphatic heterocycles. The summed E-state index contributed by atoms with van der Waals surface area (Å²) in [6.45, 7) is 4.80. The van der Waals surface area contributed by atoms with E-state index in [0.29, 0.717) is 17.0 Å². The van der Waals surface area contributed by atoms with Crippen LogP contribution in [-0.4, -0.2) is 24.4 Å². The van der Waals surface area contributed by atoms with Crippen LogP contribution < -0.4 is 5.32 Å². The van der Waals surface area contributed by atoms with Crippen LogP contribution >= 0.6 is 0 Å². The molecule has 0 spiro atoms. The zero-order valence-electron chi connectivity index (χ0n) is 15.5. The number of benzene rings is 2. The molecule has 3 rings (SSSR count). The second-order valence-corrected chi connectivity index (χ2v) is 7.08. The first kappa shape index (κ1) is 18.2. The molecule has 2 unspecified atom stereocenters. The van der Waals surface area contributed by atoms with Gasteiger partial charge in [0.25, 0.3) is 5.91 Å². The molecule has 1 N–H and O–H groups in total. The first-order valence-electron chi connectivity index (χ1n) is 8.99. The molecule has 2 aromatic carbocycles. The Kier molecular flexibility index (Phi) is 5.40. The molecule has 0 bridgehead atoms. The summed E-state index contributed by atoms with van der Waals surface area (Å²) in [7, 11) is 2.05. The van der Waals surface area contributed by atoms with Gasteiger partial charge in [0.2, 0.25) is 0 Å². The molecule has 26 heavy (non-hydrogen) atoms. The number of halogens is 1. The maximum atomic E-state index is 13.9. The largest absolute Gasteiger partial charge is 0.376 e. The quantitative estimate of drug-likeness (QED) is 0.881. The maximum absolute atomic E-state index is 13.9. The summed E-state index contributed by atoms with van der Waals surface area (Å²) in [6.07, 6.45) is 3.18. The van der Waals surface area contributed by atoms with Gasteiger partial charge in [-0.05, 0) is 42.5 Å². The molecule has 0 aromatic heterocycles. The summed E-state index contributed by atoms with van der Waals surface area (Å²) in [6, 6.07) is 14.3. The van der Waals surface area contributed by atoms with Crippen LogP contribution in [0.1, 0.15) is 40.9 Å². The summed E-state index contributed by atoms with van der Waals surface area (Å²) in [5.74, 6) is -0.0400. The van der Waals surface area contributed by atoms with Gasteiger partial charge in [0.05, 0.1) is 6.04 Å². The zero-order chi connectivity index (χ0) is 18.7. The molecule has 0 saturated heterocycles. The lowest BCUT2D eigenvalue weighted by Gasteiger charge is -2.35. The number of hydrogen-bond acceptors (Lipinski definition) is 2. The van der Waals surface area contributed by atoms with E-state index in [-0.39, 0.29) is 17.8 Å². The highest BCUT2D eigenvalue weighted by molar-refractivity contribution is 5.96. The van der Waals surface area contributed by atoms with Gasteiger partial charge in [-0.3, -0.25) is 4.79 Å². The fraction of sp³-hybridized carbons (Fsp3) is 0.318. The third kappa shape index (κ3) is 3.79. The van der Waals surface area contributed by atoms with Crippen LogP contribution in [0.2, 0.25) is 0 Å². The van der Waals surface area contributed by atoms with Gasteiger partial charge in [-0.25, -0.2) is 4.39 Å². The van der Waals surface area contributed by atoms with Gasteiger partial charge < -0.3 is 10.2 Å². The van der Waals surface area contributed by atoms with Crippen LogP contribution in [-0.2, 0) is 0 Å². The summed E-state index contributed by atoms with van der Waals surface area (Å²) in [5, 5.41) is 3.12. The van der Waals surface area contributed by atoms with E-state index in [1.54, 1.807) is 19.1 Å². The molecule has 2 atom stereocenters. The van der Waals surface area contributed by atoms with E-state index >= 15 is 0 Å². The van der Waals surface area contributed by atoms with E-state index in [0.717, 1.165) is 24.2 Å². The standard InChI is InChI=1S/C22H25FN2O/c1-15-12-13-20(25(3)14-15)21(17-8-5-4-6-9-17)24-22(26)18-10-7-11-19(23)16(18)2/h4-11,13,15,21H,12,14H2,1-3H3,(H,24,26). The van der Waals surface area contributed by atoms with Gasteiger partial charge >= 0.3 is 0 Å². The Balaban J connectivity index is 1.94. The van der Waals surface area contributed by atoms with E-state index in [1.807, 2.05) is 30.3 Å². The van der Waals surface area contributed by atoms with Crippen molar-refractivity contribution < 1.29 is 9.18 Å². The second-order valence-electron chi connectivity index (χ2n) is 7.08. The summed E-state index contributed by atoms with van der Waals surface area (Å²) in [5.41, 5.74) is 2.84. The van der Waals surface area contributed by atoms with Gasteiger partial charge in [-0.2, -0.15) is 0 Å². The van der Waals surface area contributed by atoms with Gasteiger partial charge in [-0.15, -0.1) is 0 Å². The van der Waals surface area contributed by atoms with Crippen molar-refractivity contribution in [2.75, 3.05) is 13.6 Å². The SMILES string of the molecule is Cc1c(F)cccc1C(=O)NC(C1=CCC(C)CN1C)c1ccccc1. The lowest BCUT2D eigenvalue weighted by atomic mass is 9.95. The average molecular weight is 352 g/mol. The maximum Gasteiger partial charge on any atom is 0.252 e. The van der Waals surface area contributed by atoms with Crippen molar-refractivity contribution in [1.82, 2.24) is 10.2 Å². The zero-order valence-corrected chi connectivity index (χ0v) is 15.5. The molecular weight excluding hydrogens is 327 g/mol. The second kappa shape index (κ2) is 7.73. The molecule has 1 amide bonds. The number of rotatable bonds is 4. The van der Waals surface area contributed by atoms with Crippen molar-refractivity contribution in [2.45, 2.75) is 26.3 Å². The predicted molar refractivity (Wildman–Crippen MR) is 102 cm³/mol. The molecule has 0 fully saturated rings. The molecule has 0 saturated carbocycles. The van der Waals surface area contributed by atoms with E-state index in [9.17, 15) is 9.18 Å². The molecule has 1 aliphatic rings. The number of carbonyl (C=O) groups is 1. The molecule has 0 aliphatic carbocycles. The Morgan fingerprint density at radius 3 is 2.62 bits per heavy atom. The highest BCUT2D eigenvalue weighted by atomic mass is 19.1. The fourth-order valence-electron chi connectivity index (χ4n) is 3.50. The van der Waals surface area contributed by atoms with E-state index in [1.165, 1.54) is 6.07 Å². The third-order valence-electron chi connectivity index (χ3n) is 4.97. The van der Waals surface area contributed by atoms with Crippen molar-refractivity contribution in [2.24, 2.45) is 5.92 Å². The van der Waals surface area contributed by atoms with Crippen molar-refractivity contribution in [3.8, 4) is 0 Å². The number of allylic oxidation sites excluding steroid dienone is 1. The first-order chi connectivity index (χ1) is 12.5. The molecule has 4 heteroatoms. The molecule has 0 radical (unpaired) electrons. The Morgan fingerprint density at radius 1 is 1.19 bits per heavy atom. The Hall–Kier alpha value is -2.62. The van der Waals surface area contributed by atoms with Crippen LogP contribution in [0.4, 0.5) is 4.39 Å². The van der Waals surface area contributed by atoms with Crippen molar-refractivity contribution in [3.05, 3.63) is 82.8 Å². The molecular formula is C22H25FN2O. The van der Waals surface area contributed by atoms with Crippen LogP contribution in [0, 0.1) is 18.7 Å². The number of amides is 1.